The second-order valence-electron chi connectivity index (χ2n) is 4.21. The number of hydrogen-bond acceptors (Lipinski definition) is 4. The highest BCUT2D eigenvalue weighted by Crippen LogP contribution is 2.23. The van der Waals surface area contributed by atoms with E-state index in [1.54, 1.807) is 18.2 Å². The summed E-state index contributed by atoms with van der Waals surface area (Å²) in [6, 6.07) is 7.67. The number of pyridine rings is 1. The molecule has 1 aromatic carbocycles. The molecular weight excluding hydrogens is 275 g/mol. The smallest absolute Gasteiger partial charge is 0.260 e. The lowest BCUT2D eigenvalue weighted by atomic mass is 10.1. The summed E-state index contributed by atoms with van der Waals surface area (Å²) in [5, 5.41) is 11.9. The number of aromatic nitrogens is 1. The van der Waals surface area contributed by atoms with E-state index in [-0.39, 0.29) is 12.2 Å². The number of benzene rings is 1. The molecule has 0 aliphatic carbocycles. The van der Waals surface area contributed by atoms with Crippen LogP contribution >= 0.6 is 0 Å². The van der Waals surface area contributed by atoms with Gasteiger partial charge < -0.3 is 15.2 Å². The predicted molar refractivity (Wildman–Crippen MR) is 75.7 cm³/mol. The van der Waals surface area contributed by atoms with Crippen LogP contribution in [0.25, 0.3) is 0 Å². The Bertz CT molecular complexity index is 647. The van der Waals surface area contributed by atoms with Crippen LogP contribution in [0.15, 0.2) is 36.5 Å². The van der Waals surface area contributed by atoms with Crippen molar-refractivity contribution >= 4 is 11.6 Å². The van der Waals surface area contributed by atoms with E-state index < -0.39 is 11.9 Å². The van der Waals surface area contributed by atoms with Crippen molar-refractivity contribution in [3.05, 3.63) is 53.6 Å². The lowest BCUT2D eigenvalue weighted by Crippen LogP contribution is -2.14. The van der Waals surface area contributed by atoms with Gasteiger partial charge in [-0.05, 0) is 37.3 Å². The zero-order valence-electron chi connectivity index (χ0n) is 11.5. The molecule has 5 nitrogen and oxygen atoms in total. The Balaban J connectivity index is 2.20. The molecule has 1 amide bonds. The van der Waals surface area contributed by atoms with Gasteiger partial charge in [0.05, 0.1) is 18.8 Å². The van der Waals surface area contributed by atoms with Crippen LogP contribution in [0.1, 0.15) is 22.8 Å². The van der Waals surface area contributed by atoms with E-state index in [1.165, 1.54) is 18.3 Å². The van der Waals surface area contributed by atoms with E-state index in [4.69, 9.17) is 4.74 Å². The van der Waals surface area contributed by atoms with Crippen molar-refractivity contribution in [2.24, 2.45) is 0 Å². The average Bonchev–Trinajstić information content (AvgIpc) is 2.49. The molecule has 0 aliphatic heterocycles. The van der Waals surface area contributed by atoms with Crippen molar-refractivity contribution in [1.82, 2.24) is 4.98 Å². The number of rotatable bonds is 5. The van der Waals surface area contributed by atoms with Crippen LogP contribution in [-0.4, -0.2) is 22.6 Å². The fraction of sp³-hybridized carbons (Fsp3) is 0.200. The van der Waals surface area contributed by atoms with E-state index in [9.17, 15) is 14.3 Å². The van der Waals surface area contributed by atoms with Crippen molar-refractivity contribution in [3.63, 3.8) is 0 Å². The number of carbonyl (C=O) groups excluding carboxylic acids is 1. The molecule has 1 aromatic heterocycles. The van der Waals surface area contributed by atoms with Gasteiger partial charge in [-0.2, -0.15) is 4.39 Å². The van der Waals surface area contributed by atoms with Crippen LogP contribution in [0.5, 0.6) is 5.75 Å². The van der Waals surface area contributed by atoms with Crippen LogP contribution in [-0.2, 0) is 6.61 Å². The molecule has 0 atom stereocenters. The zero-order chi connectivity index (χ0) is 15.2. The Kier molecular flexibility index (Phi) is 4.84. The molecule has 2 rings (SSSR count). The summed E-state index contributed by atoms with van der Waals surface area (Å²) >= 11 is 0. The van der Waals surface area contributed by atoms with Gasteiger partial charge in [0.25, 0.3) is 5.91 Å². The van der Waals surface area contributed by atoms with Crippen LogP contribution in [0.4, 0.5) is 10.1 Å². The number of aliphatic hydroxyl groups excluding tert-OH is 1. The molecule has 0 saturated heterocycles. The molecule has 0 spiro atoms. The van der Waals surface area contributed by atoms with Crippen LogP contribution in [0.3, 0.4) is 0 Å². The molecule has 1 heterocycles. The topological polar surface area (TPSA) is 71.5 Å². The van der Waals surface area contributed by atoms with Crippen LogP contribution in [0, 0.1) is 5.95 Å². The minimum absolute atomic E-state index is 0.142. The number of halogens is 1. The Morgan fingerprint density at radius 1 is 1.43 bits per heavy atom. The quantitative estimate of drug-likeness (QED) is 0.829. The van der Waals surface area contributed by atoms with Gasteiger partial charge in [-0.3, -0.25) is 4.79 Å². The first-order chi connectivity index (χ1) is 10.2. The normalized spacial score (nSPS) is 10.2. The van der Waals surface area contributed by atoms with Gasteiger partial charge >= 0.3 is 0 Å². The molecule has 0 aliphatic rings. The average molecular weight is 290 g/mol. The molecule has 0 fully saturated rings. The number of ether oxygens (including phenoxy) is 1. The van der Waals surface area contributed by atoms with E-state index in [0.717, 1.165) is 0 Å². The predicted octanol–water partition coefficient (Wildman–Crippen LogP) is 2.36. The van der Waals surface area contributed by atoms with Crippen molar-refractivity contribution in [1.29, 1.82) is 0 Å². The Labute approximate surface area is 121 Å². The van der Waals surface area contributed by atoms with Gasteiger partial charge in [0.2, 0.25) is 5.95 Å². The van der Waals surface area contributed by atoms with Crippen molar-refractivity contribution < 1.29 is 19.0 Å². The fourth-order valence-electron chi connectivity index (χ4n) is 1.83. The fourth-order valence-corrected chi connectivity index (χ4v) is 1.83. The molecular formula is C15H15FN2O3. The van der Waals surface area contributed by atoms with Gasteiger partial charge in [0, 0.05) is 17.4 Å². The van der Waals surface area contributed by atoms with Gasteiger partial charge in [0.1, 0.15) is 5.75 Å². The highest BCUT2D eigenvalue weighted by atomic mass is 19.1. The van der Waals surface area contributed by atoms with E-state index in [2.05, 4.69) is 10.3 Å². The van der Waals surface area contributed by atoms with Gasteiger partial charge in [-0.25, -0.2) is 4.98 Å². The summed E-state index contributed by atoms with van der Waals surface area (Å²) in [7, 11) is 0. The maximum absolute atomic E-state index is 13.4. The highest BCUT2D eigenvalue weighted by Gasteiger charge is 2.13. The zero-order valence-corrected chi connectivity index (χ0v) is 11.5. The molecule has 110 valence electrons. The third-order valence-corrected chi connectivity index (χ3v) is 2.79. The first-order valence-electron chi connectivity index (χ1n) is 6.44. The number of anilines is 1. The van der Waals surface area contributed by atoms with E-state index >= 15 is 0 Å². The number of hydrogen-bond donors (Lipinski definition) is 2. The molecule has 0 saturated carbocycles. The molecule has 21 heavy (non-hydrogen) atoms. The summed E-state index contributed by atoms with van der Waals surface area (Å²) in [4.78, 5) is 15.4. The second kappa shape index (κ2) is 6.81. The van der Waals surface area contributed by atoms with Gasteiger partial charge in [0.15, 0.2) is 0 Å². The van der Waals surface area contributed by atoms with E-state index in [1.807, 2.05) is 6.92 Å². The minimum Gasteiger partial charge on any atom is -0.494 e. The van der Waals surface area contributed by atoms with Crippen LogP contribution in [0.2, 0.25) is 0 Å². The Morgan fingerprint density at radius 3 is 2.90 bits per heavy atom. The highest BCUT2D eigenvalue weighted by molar-refractivity contribution is 6.04. The van der Waals surface area contributed by atoms with E-state index in [0.29, 0.717) is 23.6 Å². The van der Waals surface area contributed by atoms with Crippen molar-refractivity contribution in [3.8, 4) is 5.75 Å². The monoisotopic (exact) mass is 290 g/mol. The molecule has 0 bridgehead atoms. The first-order valence-corrected chi connectivity index (χ1v) is 6.44. The maximum atomic E-state index is 13.4. The largest absolute Gasteiger partial charge is 0.494 e. The number of carbonyl (C=O) groups is 1. The number of nitrogens with one attached hydrogen (secondary N) is 1. The molecule has 2 N–H and O–H groups in total. The number of aliphatic hydroxyl groups is 1. The Hall–Kier alpha value is -2.47. The van der Waals surface area contributed by atoms with Crippen molar-refractivity contribution in [2.75, 3.05) is 11.9 Å². The van der Waals surface area contributed by atoms with Crippen molar-refractivity contribution in [2.45, 2.75) is 13.5 Å². The maximum Gasteiger partial charge on any atom is 0.260 e. The second-order valence-corrected chi connectivity index (χ2v) is 4.21. The first kappa shape index (κ1) is 14.9. The number of amides is 1. The Morgan fingerprint density at radius 2 is 2.24 bits per heavy atom. The molecule has 0 radical (unpaired) electrons. The summed E-state index contributed by atoms with van der Waals surface area (Å²) < 4.78 is 18.8. The molecule has 0 unspecified atom stereocenters. The molecule has 6 heteroatoms. The lowest BCUT2D eigenvalue weighted by molar-refractivity contribution is 0.102. The summed E-state index contributed by atoms with van der Waals surface area (Å²) in [6.07, 6.45) is 1.27. The standard InChI is InChI=1S/C15H15FN2O3/c1-2-21-13-6-5-11(8-10(13)9-19)18-15(20)12-4-3-7-17-14(12)16/h3-8,19H,2,9H2,1H3,(H,18,20). The lowest BCUT2D eigenvalue weighted by Gasteiger charge is -2.11. The third kappa shape index (κ3) is 3.55. The third-order valence-electron chi connectivity index (χ3n) is 2.79. The van der Waals surface area contributed by atoms with Gasteiger partial charge in [-0.15, -0.1) is 0 Å². The van der Waals surface area contributed by atoms with Gasteiger partial charge in [-0.1, -0.05) is 0 Å². The number of nitrogens with zero attached hydrogens (tertiary/aromatic N) is 1. The summed E-state index contributed by atoms with van der Waals surface area (Å²) in [5.41, 5.74) is 0.842. The minimum atomic E-state index is -0.830. The summed E-state index contributed by atoms with van der Waals surface area (Å²) in [5.74, 6) is -0.887. The summed E-state index contributed by atoms with van der Waals surface area (Å²) in [6.45, 7) is 2.09. The molecule has 2 aromatic rings. The van der Waals surface area contributed by atoms with Crippen LogP contribution < -0.4 is 10.1 Å². The SMILES string of the molecule is CCOc1ccc(NC(=O)c2cccnc2F)cc1CO.